The maximum absolute atomic E-state index is 12.6. The standard InChI is InChI=1S/C18H16ClN3OS2/c1-10-3-5-12(6-4-10)21-17(23)15-16(20)22(18(24)25-15)13-7-8-14(19)11(2)9-13/h3-9H,20H2,1-2H3,(H,21,23). The molecule has 0 radical (unpaired) electrons. The van der Waals surface area contributed by atoms with Crippen LogP contribution >= 0.6 is 35.2 Å². The molecule has 1 heterocycles. The summed E-state index contributed by atoms with van der Waals surface area (Å²) < 4.78 is 2.20. The van der Waals surface area contributed by atoms with Crippen LogP contribution in [0, 0.1) is 17.8 Å². The predicted octanol–water partition coefficient (Wildman–Crippen LogP) is 5.37. The van der Waals surface area contributed by atoms with Crippen molar-refractivity contribution in [2.24, 2.45) is 0 Å². The molecular formula is C18H16ClN3OS2. The molecule has 0 fully saturated rings. The Morgan fingerprint density at radius 2 is 1.88 bits per heavy atom. The third-order valence-electron chi connectivity index (χ3n) is 3.76. The molecule has 0 bridgehead atoms. The highest BCUT2D eigenvalue weighted by atomic mass is 35.5. The summed E-state index contributed by atoms with van der Waals surface area (Å²) in [5.41, 5.74) is 9.75. The summed E-state index contributed by atoms with van der Waals surface area (Å²) in [5, 5.41) is 3.52. The van der Waals surface area contributed by atoms with Gasteiger partial charge in [0.1, 0.15) is 10.7 Å². The first kappa shape index (κ1) is 17.7. The number of hydrogen-bond acceptors (Lipinski definition) is 4. The van der Waals surface area contributed by atoms with Crippen molar-refractivity contribution in [3.63, 3.8) is 0 Å². The third-order valence-corrected chi connectivity index (χ3v) is 5.57. The number of aromatic nitrogens is 1. The largest absolute Gasteiger partial charge is 0.383 e. The number of hydrogen-bond donors (Lipinski definition) is 2. The lowest BCUT2D eigenvalue weighted by molar-refractivity contribution is 0.103. The number of nitrogens with two attached hydrogens (primary N) is 1. The van der Waals surface area contributed by atoms with Gasteiger partial charge in [0, 0.05) is 16.4 Å². The van der Waals surface area contributed by atoms with Crippen LogP contribution < -0.4 is 11.1 Å². The van der Waals surface area contributed by atoms with Crippen LogP contribution in [-0.2, 0) is 0 Å². The van der Waals surface area contributed by atoms with Gasteiger partial charge in [0.25, 0.3) is 5.91 Å². The van der Waals surface area contributed by atoms with E-state index in [4.69, 9.17) is 29.6 Å². The van der Waals surface area contributed by atoms with E-state index in [2.05, 4.69) is 5.32 Å². The zero-order valence-corrected chi connectivity index (χ0v) is 16.1. The van der Waals surface area contributed by atoms with Gasteiger partial charge in [-0.15, -0.1) is 0 Å². The second-order valence-electron chi connectivity index (χ2n) is 5.67. The first-order valence-electron chi connectivity index (χ1n) is 7.52. The molecule has 3 N–H and O–H groups in total. The molecule has 2 aromatic carbocycles. The number of carbonyl (C=O) groups is 1. The Morgan fingerprint density at radius 1 is 1.20 bits per heavy atom. The number of halogens is 1. The lowest BCUT2D eigenvalue weighted by Gasteiger charge is -2.09. The number of thiazole rings is 1. The number of amides is 1. The Kier molecular flexibility index (Phi) is 4.94. The van der Waals surface area contributed by atoms with E-state index in [1.807, 2.05) is 50.2 Å². The number of rotatable bonds is 3. The summed E-state index contributed by atoms with van der Waals surface area (Å²) in [7, 11) is 0. The fourth-order valence-corrected chi connectivity index (χ4v) is 3.77. The molecular weight excluding hydrogens is 374 g/mol. The zero-order valence-electron chi connectivity index (χ0n) is 13.7. The minimum absolute atomic E-state index is 0.276. The van der Waals surface area contributed by atoms with Crippen LogP contribution in [0.4, 0.5) is 11.5 Å². The number of anilines is 2. The molecule has 128 valence electrons. The van der Waals surface area contributed by atoms with E-state index in [0.717, 1.165) is 16.8 Å². The topological polar surface area (TPSA) is 60.0 Å². The number of nitrogens with one attached hydrogen (secondary N) is 1. The normalized spacial score (nSPS) is 10.7. The van der Waals surface area contributed by atoms with E-state index in [9.17, 15) is 4.79 Å². The smallest absolute Gasteiger partial charge is 0.269 e. The molecule has 0 saturated heterocycles. The van der Waals surface area contributed by atoms with Crippen LogP contribution in [0.25, 0.3) is 5.69 Å². The van der Waals surface area contributed by atoms with E-state index in [-0.39, 0.29) is 5.91 Å². The maximum Gasteiger partial charge on any atom is 0.269 e. The van der Waals surface area contributed by atoms with E-state index in [1.54, 1.807) is 10.6 Å². The highest BCUT2D eigenvalue weighted by Gasteiger charge is 2.18. The number of nitrogens with zero attached hydrogens (tertiary/aromatic N) is 1. The molecule has 3 aromatic rings. The van der Waals surface area contributed by atoms with Gasteiger partial charge in [0.05, 0.1) is 0 Å². The second kappa shape index (κ2) is 7.00. The molecule has 1 aromatic heterocycles. The lowest BCUT2D eigenvalue weighted by Crippen LogP contribution is -2.13. The predicted molar refractivity (Wildman–Crippen MR) is 108 cm³/mol. The van der Waals surface area contributed by atoms with Crippen molar-refractivity contribution in [3.8, 4) is 5.69 Å². The number of nitrogen functional groups attached to an aromatic ring is 1. The van der Waals surface area contributed by atoms with Crippen LogP contribution in [0.15, 0.2) is 42.5 Å². The fourth-order valence-electron chi connectivity index (χ4n) is 2.39. The summed E-state index contributed by atoms with van der Waals surface area (Å²) in [6.07, 6.45) is 0. The fraction of sp³-hybridized carbons (Fsp3) is 0.111. The molecule has 0 aliphatic rings. The zero-order chi connectivity index (χ0) is 18.1. The van der Waals surface area contributed by atoms with Gasteiger partial charge < -0.3 is 11.1 Å². The number of benzene rings is 2. The monoisotopic (exact) mass is 389 g/mol. The lowest BCUT2D eigenvalue weighted by atomic mass is 10.2. The summed E-state index contributed by atoms with van der Waals surface area (Å²) in [5.74, 6) is 0.0447. The molecule has 1 amide bonds. The summed E-state index contributed by atoms with van der Waals surface area (Å²) in [6, 6.07) is 13.1. The van der Waals surface area contributed by atoms with E-state index in [0.29, 0.717) is 25.4 Å². The van der Waals surface area contributed by atoms with E-state index < -0.39 is 0 Å². The molecule has 0 unspecified atom stereocenters. The second-order valence-corrected chi connectivity index (χ2v) is 7.72. The van der Waals surface area contributed by atoms with Crippen molar-refractivity contribution in [2.75, 3.05) is 11.1 Å². The molecule has 25 heavy (non-hydrogen) atoms. The van der Waals surface area contributed by atoms with Gasteiger partial charge in [0.15, 0.2) is 3.95 Å². The van der Waals surface area contributed by atoms with Crippen LogP contribution in [0.1, 0.15) is 20.8 Å². The Balaban J connectivity index is 1.96. The molecule has 0 spiro atoms. The molecule has 0 atom stereocenters. The number of carbonyl (C=O) groups excluding carboxylic acids is 1. The average Bonchev–Trinajstić information content (AvgIpc) is 2.87. The minimum atomic E-state index is -0.276. The van der Waals surface area contributed by atoms with Crippen LogP contribution in [-0.4, -0.2) is 10.5 Å². The summed E-state index contributed by atoms with van der Waals surface area (Å²) in [6.45, 7) is 3.90. The van der Waals surface area contributed by atoms with Gasteiger partial charge in [0.2, 0.25) is 0 Å². The van der Waals surface area contributed by atoms with Crippen molar-refractivity contribution in [3.05, 3.63) is 67.4 Å². The van der Waals surface area contributed by atoms with Crippen LogP contribution in [0.5, 0.6) is 0 Å². The van der Waals surface area contributed by atoms with Gasteiger partial charge in [-0.25, -0.2) is 0 Å². The van der Waals surface area contributed by atoms with Gasteiger partial charge in [-0.05, 0) is 62.0 Å². The molecule has 0 aliphatic carbocycles. The Morgan fingerprint density at radius 3 is 2.52 bits per heavy atom. The first-order chi connectivity index (χ1) is 11.9. The van der Waals surface area contributed by atoms with Gasteiger partial charge in [-0.3, -0.25) is 9.36 Å². The van der Waals surface area contributed by atoms with Crippen molar-refractivity contribution >= 4 is 52.6 Å². The molecule has 7 heteroatoms. The van der Waals surface area contributed by atoms with Gasteiger partial charge in [-0.1, -0.05) is 40.6 Å². The van der Waals surface area contributed by atoms with Crippen molar-refractivity contribution in [2.45, 2.75) is 13.8 Å². The summed E-state index contributed by atoms with van der Waals surface area (Å²) >= 11 is 12.7. The Bertz CT molecular complexity index is 1010. The van der Waals surface area contributed by atoms with Crippen molar-refractivity contribution in [1.29, 1.82) is 0 Å². The van der Waals surface area contributed by atoms with Crippen molar-refractivity contribution < 1.29 is 4.79 Å². The first-order valence-corrected chi connectivity index (χ1v) is 9.13. The molecule has 0 saturated carbocycles. The molecule has 0 aliphatic heterocycles. The Hall–Kier alpha value is -2.15. The Labute approximate surface area is 159 Å². The average molecular weight is 390 g/mol. The van der Waals surface area contributed by atoms with Crippen LogP contribution in [0.3, 0.4) is 0 Å². The number of aryl methyl sites for hydroxylation is 2. The SMILES string of the molecule is Cc1ccc(NC(=O)c2sc(=S)n(-c3ccc(Cl)c(C)c3)c2N)cc1. The van der Waals surface area contributed by atoms with Gasteiger partial charge >= 0.3 is 0 Å². The van der Waals surface area contributed by atoms with E-state index in [1.165, 1.54) is 11.3 Å². The quantitative estimate of drug-likeness (QED) is 0.591. The van der Waals surface area contributed by atoms with Gasteiger partial charge in [-0.2, -0.15) is 0 Å². The highest BCUT2D eigenvalue weighted by Crippen LogP contribution is 2.29. The molecule has 4 nitrogen and oxygen atoms in total. The minimum Gasteiger partial charge on any atom is -0.383 e. The molecule has 3 rings (SSSR count). The highest BCUT2D eigenvalue weighted by molar-refractivity contribution is 7.73. The summed E-state index contributed by atoms with van der Waals surface area (Å²) in [4.78, 5) is 13.0. The van der Waals surface area contributed by atoms with E-state index >= 15 is 0 Å². The van der Waals surface area contributed by atoms with Crippen molar-refractivity contribution in [1.82, 2.24) is 4.57 Å². The van der Waals surface area contributed by atoms with Crippen LogP contribution in [0.2, 0.25) is 5.02 Å². The maximum atomic E-state index is 12.6. The third kappa shape index (κ3) is 3.61.